The average Bonchev–Trinajstić information content (AvgIpc) is 3.31. The lowest BCUT2D eigenvalue weighted by Gasteiger charge is -2.64. The van der Waals surface area contributed by atoms with Gasteiger partial charge in [-0.05, 0) is 83.0 Å². The number of carbonyl (C=O) groups excluding carboxylic acids is 2. The van der Waals surface area contributed by atoms with Gasteiger partial charge in [-0.3, -0.25) is 9.69 Å². The number of nitrogens with zero attached hydrogens (tertiary/aromatic N) is 1. The van der Waals surface area contributed by atoms with Gasteiger partial charge in [-0.25, -0.2) is 4.79 Å². The second-order valence-corrected chi connectivity index (χ2v) is 18.0. The molecule has 4 aliphatic carbocycles. The Kier molecular flexibility index (Phi) is 8.31. The minimum Gasteiger partial charge on any atom is -0.456 e. The maximum absolute atomic E-state index is 13.6. The fraction of sp³-hybridized carbons (Fsp3) is 0.946. The fourth-order valence-corrected chi connectivity index (χ4v) is 12.5. The van der Waals surface area contributed by atoms with Crippen LogP contribution in [0, 0.1) is 46.8 Å². The predicted molar refractivity (Wildman–Crippen MR) is 174 cm³/mol. The molecule has 7 fully saturated rings. The Bertz CT molecular complexity index is 1360. The zero-order chi connectivity index (χ0) is 35.9. The molecule has 4 bridgehead atoms. The van der Waals surface area contributed by atoms with E-state index in [1.54, 1.807) is 20.8 Å². The molecule has 6 N–H and O–H groups in total. The summed E-state index contributed by atoms with van der Waals surface area (Å²) in [6.45, 7) is 13.8. The van der Waals surface area contributed by atoms with Crippen molar-refractivity contribution in [1.29, 1.82) is 0 Å². The van der Waals surface area contributed by atoms with E-state index in [9.17, 15) is 40.2 Å². The second-order valence-electron chi connectivity index (χ2n) is 18.0. The van der Waals surface area contributed by atoms with Gasteiger partial charge >= 0.3 is 11.9 Å². The van der Waals surface area contributed by atoms with Gasteiger partial charge in [-0.2, -0.15) is 0 Å². The van der Waals surface area contributed by atoms with E-state index in [0.29, 0.717) is 31.7 Å². The highest BCUT2D eigenvalue weighted by Gasteiger charge is 2.87. The van der Waals surface area contributed by atoms with Crippen molar-refractivity contribution >= 4 is 11.9 Å². The maximum Gasteiger partial charge on any atom is 0.338 e. The largest absolute Gasteiger partial charge is 0.456 e. The van der Waals surface area contributed by atoms with Gasteiger partial charge in [0.15, 0.2) is 17.8 Å². The smallest absolute Gasteiger partial charge is 0.338 e. The van der Waals surface area contributed by atoms with E-state index in [1.807, 2.05) is 13.8 Å². The van der Waals surface area contributed by atoms with E-state index in [-0.39, 0.29) is 31.2 Å². The highest BCUT2D eigenvalue weighted by molar-refractivity contribution is 5.79. The van der Waals surface area contributed by atoms with Gasteiger partial charge in [0.2, 0.25) is 5.79 Å². The molecule has 18 atom stereocenters. The third-order valence-electron chi connectivity index (χ3n) is 15.4. The molecular formula is C37H59NO11. The third kappa shape index (κ3) is 4.56. The first-order chi connectivity index (χ1) is 22.7. The molecule has 4 saturated carbocycles. The standard InChI is InChI=1S/C37H59NO11/c1-8-19(4)30(41)47-25-12-13-32(5)23-14-22(39)28-35(32,49-37(23,25)46)15-21-20-17-38-16-18(3)10-11-24(38)34(7,44)26(20)27(40)29(36(21,28)45)48-31(42)33(6,43)9-2/h18-29,39-40,43-46H,8-17H2,1-7H3/t18-,19+,20+,21+,22-,23-,24+,25-,26-,27+,28+,29+,32+,33+,34-,35-,36+,37+/m1/s1. The van der Waals surface area contributed by atoms with Gasteiger partial charge in [-0.15, -0.1) is 0 Å². The molecule has 3 saturated heterocycles. The number of hydrogen-bond donors (Lipinski definition) is 6. The first kappa shape index (κ1) is 36.0. The van der Waals surface area contributed by atoms with Crippen molar-refractivity contribution in [2.75, 3.05) is 13.1 Å². The van der Waals surface area contributed by atoms with Crippen LogP contribution < -0.4 is 0 Å². The molecule has 12 nitrogen and oxygen atoms in total. The lowest BCUT2D eigenvalue weighted by atomic mass is 9.49. The van der Waals surface area contributed by atoms with Crippen LogP contribution in [-0.2, 0) is 23.8 Å². The van der Waals surface area contributed by atoms with Gasteiger partial charge in [0, 0.05) is 42.3 Å². The Hall–Kier alpha value is -1.38. The highest BCUT2D eigenvalue weighted by atomic mass is 16.7. The van der Waals surface area contributed by atoms with Gasteiger partial charge < -0.3 is 44.8 Å². The van der Waals surface area contributed by atoms with Gasteiger partial charge in [0.05, 0.1) is 29.3 Å². The molecule has 0 unspecified atom stereocenters. The lowest BCUT2D eigenvalue weighted by molar-refractivity contribution is -0.301. The summed E-state index contributed by atoms with van der Waals surface area (Å²) >= 11 is 0. The van der Waals surface area contributed by atoms with Crippen LogP contribution in [0.25, 0.3) is 0 Å². The molecule has 3 heterocycles. The Morgan fingerprint density at radius 2 is 1.76 bits per heavy atom. The molecular weight excluding hydrogens is 634 g/mol. The van der Waals surface area contributed by atoms with Crippen molar-refractivity contribution in [2.45, 2.75) is 158 Å². The van der Waals surface area contributed by atoms with Gasteiger partial charge in [0.1, 0.15) is 5.60 Å². The maximum atomic E-state index is 13.6. The minimum atomic E-state index is -2.05. The van der Waals surface area contributed by atoms with E-state index in [4.69, 9.17) is 14.2 Å². The molecule has 0 aromatic heterocycles. The second kappa shape index (κ2) is 11.3. The van der Waals surface area contributed by atoms with Crippen LogP contribution in [0.3, 0.4) is 0 Å². The topological polar surface area (TPSA) is 186 Å². The Balaban J connectivity index is 1.36. The monoisotopic (exact) mass is 693 g/mol. The molecule has 0 aromatic rings. The van der Waals surface area contributed by atoms with Crippen LogP contribution in [0.1, 0.15) is 99.8 Å². The minimum absolute atomic E-state index is 0.0259. The van der Waals surface area contributed by atoms with Crippen LogP contribution >= 0.6 is 0 Å². The number of ether oxygens (including phenoxy) is 3. The van der Waals surface area contributed by atoms with Crippen LogP contribution in [0.5, 0.6) is 0 Å². The molecule has 7 rings (SSSR count). The number of carbonyl (C=O) groups is 2. The van der Waals surface area contributed by atoms with Crippen molar-refractivity contribution < 1.29 is 54.4 Å². The summed E-state index contributed by atoms with van der Waals surface area (Å²) in [6, 6.07) is -0.251. The molecule has 0 aromatic carbocycles. The Labute approximate surface area is 289 Å². The zero-order valence-corrected chi connectivity index (χ0v) is 30.2. The van der Waals surface area contributed by atoms with Crippen molar-refractivity contribution in [1.82, 2.24) is 4.90 Å². The number of fused-ring (bicyclic) bond motifs is 5. The quantitative estimate of drug-likeness (QED) is 0.221. The summed E-state index contributed by atoms with van der Waals surface area (Å²) in [5.41, 5.74) is -7.49. The SMILES string of the molecule is CC[C@H](C)C(=O)O[C@@H]1CC[C@@]2(C)[C@H]3C[C@@H](O)[C@@H]4[C@@]5(O)[C@@H](C[C@@]42O[C@]13O)[C@@H]1CN2C[C@H](C)CC[C@H]2[C@@](C)(O)[C@H]1[C@H](O)[C@@H]5OC(=O)[C@@](C)(O)CC. The van der Waals surface area contributed by atoms with Crippen LogP contribution in [0.2, 0.25) is 0 Å². The zero-order valence-electron chi connectivity index (χ0n) is 30.2. The lowest BCUT2D eigenvalue weighted by Crippen LogP contribution is -2.77. The molecule has 1 spiro atoms. The number of hydrogen-bond acceptors (Lipinski definition) is 12. The van der Waals surface area contributed by atoms with Crippen LogP contribution in [0.4, 0.5) is 0 Å². The van der Waals surface area contributed by atoms with Gasteiger partial charge in [-0.1, -0.05) is 34.6 Å². The molecule has 3 aliphatic heterocycles. The van der Waals surface area contributed by atoms with Crippen LogP contribution in [-0.4, -0.2) is 119 Å². The van der Waals surface area contributed by atoms with Gasteiger partial charge in [0.25, 0.3) is 0 Å². The van der Waals surface area contributed by atoms with Crippen molar-refractivity contribution in [3.8, 4) is 0 Å². The summed E-state index contributed by atoms with van der Waals surface area (Å²) in [6.07, 6.45) is -2.08. The first-order valence-corrected chi connectivity index (χ1v) is 18.9. The molecule has 0 radical (unpaired) electrons. The fourth-order valence-electron chi connectivity index (χ4n) is 12.5. The Morgan fingerprint density at radius 3 is 2.41 bits per heavy atom. The predicted octanol–water partition coefficient (Wildman–Crippen LogP) is 1.49. The first-order valence-electron chi connectivity index (χ1n) is 18.9. The Morgan fingerprint density at radius 1 is 1.06 bits per heavy atom. The number of piperidine rings is 2. The van der Waals surface area contributed by atoms with E-state index in [2.05, 4.69) is 11.8 Å². The van der Waals surface area contributed by atoms with E-state index < -0.39 is 99.6 Å². The molecule has 7 aliphatic rings. The number of aliphatic hydroxyl groups excluding tert-OH is 2. The van der Waals surface area contributed by atoms with Crippen molar-refractivity contribution in [3.05, 3.63) is 0 Å². The summed E-state index contributed by atoms with van der Waals surface area (Å²) in [7, 11) is 0. The van der Waals surface area contributed by atoms with E-state index in [1.165, 1.54) is 6.92 Å². The van der Waals surface area contributed by atoms with Crippen molar-refractivity contribution in [3.63, 3.8) is 0 Å². The number of esters is 2. The molecule has 49 heavy (non-hydrogen) atoms. The molecule has 278 valence electrons. The highest BCUT2D eigenvalue weighted by Crippen LogP contribution is 2.77. The van der Waals surface area contributed by atoms with Crippen LogP contribution in [0.15, 0.2) is 0 Å². The number of rotatable bonds is 6. The number of aliphatic hydroxyl groups is 6. The molecule has 12 heteroatoms. The molecule has 0 amide bonds. The van der Waals surface area contributed by atoms with E-state index >= 15 is 0 Å². The van der Waals surface area contributed by atoms with E-state index in [0.717, 1.165) is 19.4 Å². The normalized spacial score (nSPS) is 54.8. The van der Waals surface area contributed by atoms with Crippen molar-refractivity contribution in [2.24, 2.45) is 46.8 Å². The average molecular weight is 694 g/mol. The summed E-state index contributed by atoms with van der Waals surface area (Å²) in [5.74, 6) is -7.09. The summed E-state index contributed by atoms with van der Waals surface area (Å²) in [5, 5.41) is 73.7. The third-order valence-corrected chi connectivity index (χ3v) is 15.4. The summed E-state index contributed by atoms with van der Waals surface area (Å²) in [4.78, 5) is 28.9. The summed E-state index contributed by atoms with van der Waals surface area (Å²) < 4.78 is 18.9.